The van der Waals surface area contributed by atoms with Crippen molar-refractivity contribution in [2.45, 2.75) is 6.61 Å². The smallest absolute Gasteiger partial charge is 0.139 e. The molecule has 0 amide bonds. The van der Waals surface area contributed by atoms with Crippen molar-refractivity contribution in [1.82, 2.24) is 9.78 Å². The van der Waals surface area contributed by atoms with Gasteiger partial charge in [0.15, 0.2) is 0 Å². The highest BCUT2D eigenvalue weighted by Crippen LogP contribution is 2.26. The van der Waals surface area contributed by atoms with Crippen molar-refractivity contribution in [3.05, 3.63) is 41.2 Å². The molecule has 2 aromatic rings. The highest BCUT2D eigenvalue weighted by Gasteiger charge is 2.04. The van der Waals surface area contributed by atoms with Gasteiger partial charge in [-0.05, 0) is 18.2 Å². The number of aliphatic hydroxyl groups is 1. The molecule has 0 radical (unpaired) electrons. The Balaban J connectivity index is 2.40. The van der Waals surface area contributed by atoms with E-state index in [1.54, 1.807) is 36.2 Å². The quantitative estimate of drug-likeness (QED) is 0.890. The highest BCUT2D eigenvalue weighted by atomic mass is 35.5. The Labute approximate surface area is 98.0 Å². The Kier molecular flexibility index (Phi) is 3.12. The lowest BCUT2D eigenvalue weighted by Gasteiger charge is -2.06. The molecule has 0 bridgehead atoms. The van der Waals surface area contributed by atoms with Crippen molar-refractivity contribution in [3.8, 4) is 11.4 Å². The average Bonchev–Trinajstić information content (AvgIpc) is 2.78. The zero-order chi connectivity index (χ0) is 11.5. The van der Waals surface area contributed by atoms with Gasteiger partial charge < -0.3 is 9.84 Å². The number of aliphatic hydroxyl groups excluding tert-OH is 1. The van der Waals surface area contributed by atoms with Crippen molar-refractivity contribution in [2.24, 2.45) is 0 Å². The number of hydrogen-bond donors (Lipinski definition) is 1. The first-order valence-electron chi connectivity index (χ1n) is 4.74. The molecule has 0 atom stereocenters. The van der Waals surface area contributed by atoms with Crippen molar-refractivity contribution >= 4 is 11.6 Å². The topological polar surface area (TPSA) is 47.3 Å². The zero-order valence-electron chi connectivity index (χ0n) is 8.72. The second-order valence-corrected chi connectivity index (χ2v) is 3.64. The van der Waals surface area contributed by atoms with Gasteiger partial charge in [0.05, 0.1) is 30.1 Å². The number of ether oxygens (including phenoxy) is 1. The van der Waals surface area contributed by atoms with E-state index < -0.39 is 0 Å². The summed E-state index contributed by atoms with van der Waals surface area (Å²) >= 11 is 5.92. The average molecular weight is 239 g/mol. The van der Waals surface area contributed by atoms with E-state index in [1.165, 1.54) is 0 Å². The fourth-order valence-electron chi connectivity index (χ4n) is 1.38. The van der Waals surface area contributed by atoms with Crippen LogP contribution in [0.3, 0.4) is 0 Å². The predicted molar refractivity (Wildman–Crippen MR) is 61.0 cm³/mol. The first-order valence-corrected chi connectivity index (χ1v) is 5.11. The van der Waals surface area contributed by atoms with Crippen LogP contribution in [0.4, 0.5) is 0 Å². The van der Waals surface area contributed by atoms with Gasteiger partial charge in [-0.2, -0.15) is 5.10 Å². The van der Waals surface area contributed by atoms with Gasteiger partial charge in [-0.15, -0.1) is 0 Å². The molecule has 1 aromatic heterocycles. The maximum absolute atomic E-state index is 8.92. The summed E-state index contributed by atoms with van der Waals surface area (Å²) < 4.78 is 6.77. The van der Waals surface area contributed by atoms with E-state index in [4.69, 9.17) is 21.4 Å². The molecule has 0 fully saturated rings. The summed E-state index contributed by atoms with van der Waals surface area (Å²) in [6, 6.07) is 7.12. The van der Waals surface area contributed by atoms with Crippen LogP contribution in [0, 0.1) is 0 Å². The summed E-state index contributed by atoms with van der Waals surface area (Å²) in [5, 5.41) is 13.6. The van der Waals surface area contributed by atoms with Crippen LogP contribution in [0.1, 0.15) is 5.69 Å². The van der Waals surface area contributed by atoms with Gasteiger partial charge >= 0.3 is 0 Å². The largest absolute Gasteiger partial charge is 0.495 e. The normalized spacial score (nSPS) is 10.4. The third-order valence-electron chi connectivity index (χ3n) is 2.21. The SMILES string of the molecule is COc1cc(-n2ccc(CO)n2)ccc1Cl. The fraction of sp³-hybridized carbons (Fsp3) is 0.182. The number of hydrogen-bond acceptors (Lipinski definition) is 3. The standard InChI is InChI=1S/C11H11ClN2O2/c1-16-11-6-9(2-3-10(11)12)14-5-4-8(7-15)13-14/h2-6,15H,7H2,1H3. The van der Waals surface area contributed by atoms with E-state index in [0.717, 1.165) is 5.69 Å². The lowest BCUT2D eigenvalue weighted by atomic mass is 10.3. The Morgan fingerprint density at radius 3 is 2.88 bits per heavy atom. The molecule has 0 aliphatic heterocycles. The van der Waals surface area contributed by atoms with E-state index in [9.17, 15) is 0 Å². The van der Waals surface area contributed by atoms with E-state index in [-0.39, 0.29) is 6.61 Å². The third-order valence-corrected chi connectivity index (χ3v) is 2.52. The molecule has 0 spiro atoms. The van der Waals surface area contributed by atoms with E-state index in [1.807, 2.05) is 6.07 Å². The zero-order valence-corrected chi connectivity index (χ0v) is 9.48. The molecular weight excluding hydrogens is 228 g/mol. The number of nitrogens with zero attached hydrogens (tertiary/aromatic N) is 2. The van der Waals surface area contributed by atoms with Gasteiger partial charge in [0, 0.05) is 12.3 Å². The van der Waals surface area contributed by atoms with Crippen molar-refractivity contribution in [1.29, 1.82) is 0 Å². The van der Waals surface area contributed by atoms with Crippen molar-refractivity contribution < 1.29 is 9.84 Å². The van der Waals surface area contributed by atoms with E-state index >= 15 is 0 Å². The minimum Gasteiger partial charge on any atom is -0.495 e. The molecule has 0 aliphatic carbocycles. The van der Waals surface area contributed by atoms with Crippen LogP contribution in [-0.4, -0.2) is 22.0 Å². The Morgan fingerprint density at radius 1 is 1.44 bits per heavy atom. The third kappa shape index (κ3) is 2.03. The van der Waals surface area contributed by atoms with Gasteiger partial charge in [-0.3, -0.25) is 0 Å². The number of aromatic nitrogens is 2. The van der Waals surface area contributed by atoms with Crippen molar-refractivity contribution in [2.75, 3.05) is 7.11 Å². The lowest BCUT2D eigenvalue weighted by Crippen LogP contribution is -1.97. The van der Waals surface area contributed by atoms with Gasteiger partial charge in [-0.1, -0.05) is 11.6 Å². The summed E-state index contributed by atoms with van der Waals surface area (Å²) in [6.45, 7) is -0.0717. The van der Waals surface area contributed by atoms with Gasteiger partial charge in [0.2, 0.25) is 0 Å². The van der Waals surface area contributed by atoms with Crippen LogP contribution < -0.4 is 4.74 Å². The Morgan fingerprint density at radius 2 is 2.25 bits per heavy atom. The predicted octanol–water partition coefficient (Wildman–Crippen LogP) is 2.03. The lowest BCUT2D eigenvalue weighted by molar-refractivity contribution is 0.276. The summed E-state index contributed by atoms with van der Waals surface area (Å²) in [5.74, 6) is 0.597. The number of halogens is 1. The second-order valence-electron chi connectivity index (χ2n) is 3.23. The minimum atomic E-state index is -0.0717. The summed E-state index contributed by atoms with van der Waals surface area (Å²) in [5.41, 5.74) is 1.45. The molecule has 0 saturated carbocycles. The molecule has 1 N–H and O–H groups in total. The minimum absolute atomic E-state index is 0.0717. The van der Waals surface area contributed by atoms with Crippen LogP contribution in [0.2, 0.25) is 5.02 Å². The maximum atomic E-state index is 8.92. The summed E-state index contributed by atoms with van der Waals surface area (Å²) in [4.78, 5) is 0. The molecular formula is C11H11ClN2O2. The number of benzene rings is 1. The second kappa shape index (κ2) is 4.55. The highest BCUT2D eigenvalue weighted by molar-refractivity contribution is 6.32. The molecule has 84 valence electrons. The molecule has 0 aliphatic rings. The van der Waals surface area contributed by atoms with Gasteiger partial charge in [0.1, 0.15) is 5.75 Å². The Bertz CT molecular complexity index is 496. The molecule has 1 aromatic carbocycles. The molecule has 16 heavy (non-hydrogen) atoms. The first-order chi connectivity index (χ1) is 7.74. The molecule has 2 rings (SSSR count). The van der Waals surface area contributed by atoms with Crippen LogP contribution in [0.5, 0.6) is 5.75 Å². The maximum Gasteiger partial charge on any atom is 0.139 e. The van der Waals surface area contributed by atoms with Gasteiger partial charge in [0.25, 0.3) is 0 Å². The fourth-order valence-corrected chi connectivity index (χ4v) is 1.58. The molecule has 4 nitrogen and oxygen atoms in total. The molecule has 1 heterocycles. The summed E-state index contributed by atoms with van der Waals surface area (Å²) in [6.07, 6.45) is 1.77. The summed E-state index contributed by atoms with van der Waals surface area (Å²) in [7, 11) is 1.56. The van der Waals surface area contributed by atoms with Crippen LogP contribution in [0.15, 0.2) is 30.5 Å². The van der Waals surface area contributed by atoms with E-state index in [2.05, 4.69) is 5.10 Å². The number of methoxy groups -OCH3 is 1. The molecule has 0 unspecified atom stereocenters. The number of rotatable bonds is 3. The van der Waals surface area contributed by atoms with Crippen LogP contribution in [-0.2, 0) is 6.61 Å². The van der Waals surface area contributed by atoms with Gasteiger partial charge in [-0.25, -0.2) is 4.68 Å². The van der Waals surface area contributed by atoms with E-state index in [0.29, 0.717) is 16.5 Å². The monoisotopic (exact) mass is 238 g/mol. The molecule has 5 heteroatoms. The molecule has 0 saturated heterocycles. The van der Waals surface area contributed by atoms with Crippen LogP contribution in [0.25, 0.3) is 5.69 Å². The Hall–Kier alpha value is -1.52. The van der Waals surface area contributed by atoms with Crippen LogP contribution >= 0.6 is 11.6 Å². The first kappa shape index (κ1) is 11.0. The van der Waals surface area contributed by atoms with Crippen molar-refractivity contribution in [3.63, 3.8) is 0 Å².